The van der Waals surface area contributed by atoms with E-state index >= 15 is 0 Å². The molecule has 2 aromatic rings. The molecule has 2 aromatic carbocycles. The third-order valence-corrected chi connectivity index (χ3v) is 6.18. The van der Waals surface area contributed by atoms with Crippen LogP contribution in [0.5, 0.6) is 0 Å². The van der Waals surface area contributed by atoms with Gasteiger partial charge in [0.25, 0.3) is 17.7 Å². The van der Waals surface area contributed by atoms with Gasteiger partial charge < -0.3 is 5.32 Å². The number of imide groups is 1. The number of halogens is 1. The molecule has 138 valence electrons. The molecule has 0 saturated heterocycles. The van der Waals surface area contributed by atoms with E-state index in [1.165, 1.54) is 4.90 Å². The van der Waals surface area contributed by atoms with Crippen molar-refractivity contribution in [3.8, 4) is 0 Å². The molecule has 1 aliphatic carbocycles. The van der Waals surface area contributed by atoms with Crippen molar-refractivity contribution in [3.05, 3.63) is 62.7 Å². The fraction of sp³-hybridized carbons (Fsp3) is 0.286. The molecular weight excluding hydrogens is 455 g/mol. The van der Waals surface area contributed by atoms with Crippen molar-refractivity contribution in [2.24, 2.45) is 0 Å². The standard InChI is InChI=1S/C21H19IN2O3/c22-17-8-4-5-9-18(17)23-19(25)13-10-11-15-16(12-13)21(27)24(20(15)26)14-6-2-1-3-7-14/h4-5,8-12,14H,1-3,6-7H2,(H,23,25). The SMILES string of the molecule is O=C(Nc1ccccc1I)c1ccc2c(c1)C(=O)N(C1CCCCC1)C2=O. The Morgan fingerprint density at radius 1 is 0.963 bits per heavy atom. The van der Waals surface area contributed by atoms with Crippen LogP contribution in [-0.4, -0.2) is 28.7 Å². The highest BCUT2D eigenvalue weighted by Gasteiger charge is 2.40. The van der Waals surface area contributed by atoms with E-state index in [1.54, 1.807) is 18.2 Å². The van der Waals surface area contributed by atoms with Crippen LogP contribution in [0.1, 0.15) is 63.2 Å². The van der Waals surface area contributed by atoms with Crippen molar-refractivity contribution in [2.75, 3.05) is 5.32 Å². The Bertz CT molecular complexity index is 935. The van der Waals surface area contributed by atoms with Crippen LogP contribution in [0, 0.1) is 3.57 Å². The highest BCUT2D eigenvalue weighted by atomic mass is 127. The molecule has 5 nitrogen and oxygen atoms in total. The Labute approximate surface area is 171 Å². The van der Waals surface area contributed by atoms with Gasteiger partial charge in [0.15, 0.2) is 0 Å². The van der Waals surface area contributed by atoms with Crippen LogP contribution in [0.3, 0.4) is 0 Å². The summed E-state index contributed by atoms with van der Waals surface area (Å²) in [6, 6.07) is 12.2. The minimum absolute atomic E-state index is 0.0191. The maximum atomic E-state index is 12.9. The van der Waals surface area contributed by atoms with Crippen LogP contribution in [0.15, 0.2) is 42.5 Å². The Morgan fingerprint density at radius 2 is 1.67 bits per heavy atom. The van der Waals surface area contributed by atoms with Crippen LogP contribution in [0.4, 0.5) is 5.69 Å². The molecule has 1 saturated carbocycles. The van der Waals surface area contributed by atoms with E-state index in [2.05, 4.69) is 27.9 Å². The van der Waals surface area contributed by atoms with Crippen LogP contribution < -0.4 is 5.32 Å². The van der Waals surface area contributed by atoms with Crippen molar-refractivity contribution < 1.29 is 14.4 Å². The Morgan fingerprint density at radius 3 is 2.41 bits per heavy atom. The number of anilines is 1. The smallest absolute Gasteiger partial charge is 0.261 e. The summed E-state index contributed by atoms with van der Waals surface area (Å²) in [5.41, 5.74) is 1.83. The predicted molar refractivity (Wildman–Crippen MR) is 111 cm³/mol. The molecule has 2 aliphatic rings. The molecule has 3 amide bonds. The van der Waals surface area contributed by atoms with Gasteiger partial charge in [-0.1, -0.05) is 31.4 Å². The average molecular weight is 474 g/mol. The monoisotopic (exact) mass is 474 g/mol. The van der Waals surface area contributed by atoms with Gasteiger partial charge >= 0.3 is 0 Å². The minimum Gasteiger partial charge on any atom is -0.321 e. The third-order valence-electron chi connectivity index (χ3n) is 5.24. The maximum absolute atomic E-state index is 12.9. The highest BCUT2D eigenvalue weighted by Crippen LogP contribution is 2.31. The first kappa shape index (κ1) is 18.2. The molecule has 0 unspecified atom stereocenters. The van der Waals surface area contributed by atoms with Crippen molar-refractivity contribution >= 4 is 46.0 Å². The second-order valence-corrected chi connectivity index (χ2v) is 8.13. The molecule has 0 aromatic heterocycles. The summed E-state index contributed by atoms with van der Waals surface area (Å²) >= 11 is 2.16. The summed E-state index contributed by atoms with van der Waals surface area (Å²) in [6.07, 6.45) is 4.97. The van der Waals surface area contributed by atoms with Gasteiger partial charge in [0.05, 0.1) is 16.8 Å². The molecule has 1 fully saturated rings. The molecule has 1 N–H and O–H groups in total. The first-order chi connectivity index (χ1) is 13.1. The van der Waals surface area contributed by atoms with Gasteiger partial charge in [0.2, 0.25) is 0 Å². The molecule has 27 heavy (non-hydrogen) atoms. The molecule has 0 atom stereocenters. The Balaban J connectivity index is 1.59. The van der Waals surface area contributed by atoms with Gasteiger partial charge in [-0.2, -0.15) is 0 Å². The molecule has 6 heteroatoms. The molecule has 1 heterocycles. The number of hydrogen-bond donors (Lipinski definition) is 1. The van der Waals surface area contributed by atoms with E-state index in [0.29, 0.717) is 16.7 Å². The number of fused-ring (bicyclic) bond motifs is 1. The lowest BCUT2D eigenvalue weighted by atomic mass is 9.94. The topological polar surface area (TPSA) is 66.5 Å². The van der Waals surface area contributed by atoms with Gasteiger partial charge in [0.1, 0.15) is 0 Å². The first-order valence-corrected chi connectivity index (χ1v) is 10.2. The number of benzene rings is 2. The van der Waals surface area contributed by atoms with Crippen molar-refractivity contribution in [1.82, 2.24) is 4.90 Å². The van der Waals surface area contributed by atoms with E-state index in [-0.39, 0.29) is 23.8 Å². The van der Waals surface area contributed by atoms with Crippen LogP contribution in [0.25, 0.3) is 0 Å². The van der Waals surface area contributed by atoms with E-state index in [4.69, 9.17) is 0 Å². The number of nitrogens with one attached hydrogen (secondary N) is 1. The van der Waals surface area contributed by atoms with E-state index in [9.17, 15) is 14.4 Å². The highest BCUT2D eigenvalue weighted by molar-refractivity contribution is 14.1. The Kier molecular flexibility index (Phi) is 4.99. The zero-order chi connectivity index (χ0) is 19.0. The number of hydrogen-bond acceptors (Lipinski definition) is 3. The van der Waals surface area contributed by atoms with Gasteiger partial charge in [0, 0.05) is 15.2 Å². The summed E-state index contributed by atoms with van der Waals surface area (Å²) < 4.78 is 0.930. The average Bonchev–Trinajstić information content (AvgIpc) is 2.94. The van der Waals surface area contributed by atoms with Crippen molar-refractivity contribution in [1.29, 1.82) is 0 Å². The molecule has 1 aliphatic heterocycles. The van der Waals surface area contributed by atoms with E-state index in [0.717, 1.165) is 41.4 Å². The minimum atomic E-state index is -0.293. The number of nitrogens with zero attached hydrogens (tertiary/aromatic N) is 1. The number of para-hydroxylation sites is 1. The number of carbonyl (C=O) groups excluding carboxylic acids is 3. The molecule has 0 spiro atoms. The van der Waals surface area contributed by atoms with E-state index in [1.807, 2.05) is 24.3 Å². The quantitative estimate of drug-likeness (QED) is 0.528. The van der Waals surface area contributed by atoms with Crippen LogP contribution in [0.2, 0.25) is 0 Å². The fourth-order valence-electron chi connectivity index (χ4n) is 3.83. The second kappa shape index (κ2) is 7.42. The summed E-state index contributed by atoms with van der Waals surface area (Å²) in [6.45, 7) is 0. The zero-order valence-electron chi connectivity index (χ0n) is 14.7. The van der Waals surface area contributed by atoms with Gasteiger partial charge in [-0.15, -0.1) is 0 Å². The van der Waals surface area contributed by atoms with Crippen molar-refractivity contribution in [2.45, 2.75) is 38.1 Å². The summed E-state index contributed by atoms with van der Waals surface area (Å²) in [7, 11) is 0. The fourth-order valence-corrected chi connectivity index (χ4v) is 4.35. The summed E-state index contributed by atoms with van der Waals surface area (Å²) in [5.74, 6) is -0.796. The van der Waals surface area contributed by atoms with Gasteiger partial charge in [-0.05, 0) is 65.8 Å². The lowest BCUT2D eigenvalue weighted by Crippen LogP contribution is -2.40. The maximum Gasteiger partial charge on any atom is 0.261 e. The first-order valence-electron chi connectivity index (χ1n) is 9.14. The van der Waals surface area contributed by atoms with Gasteiger partial charge in [-0.3, -0.25) is 19.3 Å². The Hall–Kier alpha value is -2.22. The van der Waals surface area contributed by atoms with Gasteiger partial charge in [-0.25, -0.2) is 0 Å². The molecule has 0 radical (unpaired) electrons. The largest absolute Gasteiger partial charge is 0.321 e. The summed E-state index contributed by atoms with van der Waals surface area (Å²) in [4.78, 5) is 39.6. The molecular formula is C21H19IN2O3. The van der Waals surface area contributed by atoms with E-state index < -0.39 is 0 Å². The van der Waals surface area contributed by atoms with Crippen LogP contribution >= 0.6 is 22.6 Å². The number of amides is 3. The number of carbonyl (C=O) groups is 3. The molecule has 4 rings (SSSR count). The van der Waals surface area contributed by atoms with Crippen LogP contribution in [-0.2, 0) is 0 Å². The number of rotatable bonds is 3. The molecule has 0 bridgehead atoms. The van der Waals surface area contributed by atoms with Crippen molar-refractivity contribution in [3.63, 3.8) is 0 Å². The normalized spacial score (nSPS) is 17.1. The lowest BCUT2D eigenvalue weighted by Gasteiger charge is -2.29. The summed E-state index contributed by atoms with van der Waals surface area (Å²) in [5, 5.41) is 2.86. The predicted octanol–water partition coefficient (Wildman–Crippen LogP) is 4.47. The third kappa shape index (κ3) is 3.38. The second-order valence-electron chi connectivity index (χ2n) is 6.97. The lowest BCUT2D eigenvalue weighted by molar-refractivity contribution is 0.0549. The zero-order valence-corrected chi connectivity index (χ0v) is 16.9.